The van der Waals surface area contributed by atoms with Gasteiger partial charge in [0.2, 0.25) is 5.95 Å². The zero-order valence-electron chi connectivity index (χ0n) is 17.9. The number of hydrogen-bond donors (Lipinski definition) is 2. The lowest BCUT2D eigenvalue weighted by Gasteiger charge is -2.31. The summed E-state index contributed by atoms with van der Waals surface area (Å²) in [6.07, 6.45) is 5.80. The fourth-order valence-electron chi connectivity index (χ4n) is 3.99. The fraction of sp³-hybridized carbons (Fsp3) is 0.500. The third-order valence-corrected chi connectivity index (χ3v) is 7.22. The predicted molar refractivity (Wildman–Crippen MR) is 119 cm³/mol. The predicted octanol–water partition coefficient (Wildman–Crippen LogP) is 2.05. The molecule has 1 aliphatic rings. The summed E-state index contributed by atoms with van der Waals surface area (Å²) >= 11 is 0. The smallest absolute Gasteiger partial charge is 0.227 e. The van der Waals surface area contributed by atoms with Crippen LogP contribution in [0.3, 0.4) is 0 Å². The number of aliphatic hydroxyl groups is 1. The van der Waals surface area contributed by atoms with Crippen molar-refractivity contribution in [3.63, 3.8) is 0 Å². The minimum absolute atomic E-state index is 0.138. The molecule has 0 unspecified atom stereocenters. The van der Waals surface area contributed by atoms with E-state index in [1.54, 1.807) is 18.5 Å². The van der Waals surface area contributed by atoms with Crippen LogP contribution in [0.4, 0.5) is 17.6 Å². The Bertz CT molecular complexity index is 1180. The lowest BCUT2D eigenvalue weighted by Crippen LogP contribution is -2.39. The van der Waals surface area contributed by atoms with E-state index in [0.29, 0.717) is 49.3 Å². The van der Waals surface area contributed by atoms with E-state index in [1.807, 2.05) is 29.4 Å². The van der Waals surface area contributed by atoms with Gasteiger partial charge in [-0.2, -0.15) is 4.98 Å². The Balaban J connectivity index is 1.54. The Morgan fingerprint density at radius 3 is 2.58 bits per heavy atom. The number of aromatic nitrogens is 5. The molecular formula is C20H27N7O3S. The second kappa shape index (κ2) is 8.39. The summed E-state index contributed by atoms with van der Waals surface area (Å²) < 4.78 is 25.5. The number of imidazole rings is 1. The number of hydrogen-bond acceptors (Lipinski definition) is 9. The minimum atomic E-state index is -3.02. The molecule has 0 atom stereocenters. The summed E-state index contributed by atoms with van der Waals surface area (Å²) in [5.41, 5.74) is 1.61. The van der Waals surface area contributed by atoms with Crippen LogP contribution in [-0.2, 0) is 16.4 Å². The number of sulfone groups is 1. The molecule has 31 heavy (non-hydrogen) atoms. The van der Waals surface area contributed by atoms with Crippen molar-refractivity contribution in [3.8, 4) is 0 Å². The fourth-order valence-corrected chi connectivity index (χ4v) is 5.06. The van der Waals surface area contributed by atoms with Crippen LogP contribution in [0.25, 0.3) is 11.0 Å². The van der Waals surface area contributed by atoms with Crippen LogP contribution in [0.2, 0.25) is 0 Å². The van der Waals surface area contributed by atoms with Crippen molar-refractivity contribution in [1.82, 2.24) is 24.5 Å². The highest BCUT2D eigenvalue weighted by Crippen LogP contribution is 2.25. The molecule has 11 heteroatoms. The van der Waals surface area contributed by atoms with Crippen molar-refractivity contribution in [2.24, 2.45) is 0 Å². The van der Waals surface area contributed by atoms with Crippen LogP contribution < -0.4 is 10.2 Å². The van der Waals surface area contributed by atoms with Gasteiger partial charge in [0.05, 0.1) is 17.0 Å². The van der Waals surface area contributed by atoms with Gasteiger partial charge in [-0.05, 0) is 32.8 Å². The Hall–Kier alpha value is -2.79. The van der Waals surface area contributed by atoms with Crippen molar-refractivity contribution in [1.29, 1.82) is 0 Å². The summed E-state index contributed by atoms with van der Waals surface area (Å²) in [7, 11) is -3.02. The molecule has 3 aromatic rings. The van der Waals surface area contributed by atoms with Gasteiger partial charge in [-0.25, -0.2) is 23.4 Å². The Morgan fingerprint density at radius 2 is 1.94 bits per heavy atom. The quantitative estimate of drug-likeness (QED) is 0.586. The van der Waals surface area contributed by atoms with E-state index in [2.05, 4.69) is 25.3 Å². The minimum Gasteiger partial charge on any atom is -0.388 e. The molecule has 0 aromatic carbocycles. The molecule has 0 spiro atoms. The summed E-state index contributed by atoms with van der Waals surface area (Å²) in [6, 6.07) is 3.79. The maximum Gasteiger partial charge on any atom is 0.227 e. The zero-order chi connectivity index (χ0) is 22.2. The summed E-state index contributed by atoms with van der Waals surface area (Å²) in [5, 5.41) is 12.5. The van der Waals surface area contributed by atoms with E-state index in [0.717, 1.165) is 11.0 Å². The molecule has 2 N–H and O–H groups in total. The number of nitrogens with zero attached hydrogens (tertiary/aromatic N) is 6. The molecule has 0 bridgehead atoms. The number of fused-ring (bicyclic) bond motifs is 1. The van der Waals surface area contributed by atoms with E-state index < -0.39 is 9.84 Å². The number of piperidine rings is 1. The summed E-state index contributed by atoms with van der Waals surface area (Å²) in [6.45, 7) is 5.14. The molecule has 10 nitrogen and oxygen atoms in total. The van der Waals surface area contributed by atoms with E-state index in [-0.39, 0.29) is 17.9 Å². The third-order valence-electron chi connectivity index (χ3n) is 5.54. The SMILES string of the molecule is CC(C)n1c(CO)nc2cnc(Nc3ccnc(N4CCC(S(C)(=O)=O)CC4)n3)cc21. The van der Waals surface area contributed by atoms with Gasteiger partial charge >= 0.3 is 0 Å². The van der Waals surface area contributed by atoms with Gasteiger partial charge in [0.1, 0.15) is 39.4 Å². The molecule has 1 aliphatic heterocycles. The van der Waals surface area contributed by atoms with Crippen LogP contribution in [-0.4, -0.2) is 62.6 Å². The van der Waals surface area contributed by atoms with E-state index in [9.17, 15) is 13.5 Å². The van der Waals surface area contributed by atoms with E-state index >= 15 is 0 Å². The van der Waals surface area contributed by atoms with Crippen LogP contribution in [0.5, 0.6) is 0 Å². The molecule has 4 rings (SSSR count). The van der Waals surface area contributed by atoms with Gasteiger partial charge in [-0.1, -0.05) is 0 Å². The molecule has 166 valence electrons. The molecule has 0 radical (unpaired) electrons. The normalized spacial score (nSPS) is 15.7. The number of rotatable bonds is 6. The zero-order valence-corrected chi connectivity index (χ0v) is 18.7. The highest BCUT2D eigenvalue weighted by Gasteiger charge is 2.27. The van der Waals surface area contributed by atoms with Crippen molar-refractivity contribution in [3.05, 3.63) is 30.4 Å². The van der Waals surface area contributed by atoms with Crippen molar-refractivity contribution >= 4 is 38.5 Å². The lowest BCUT2D eigenvalue weighted by atomic mass is 10.1. The van der Waals surface area contributed by atoms with Crippen LogP contribution in [0.1, 0.15) is 38.6 Å². The first-order valence-corrected chi connectivity index (χ1v) is 12.2. The van der Waals surface area contributed by atoms with Gasteiger partial charge in [-0.3, -0.25) is 0 Å². The Kier molecular flexibility index (Phi) is 5.80. The van der Waals surface area contributed by atoms with Crippen LogP contribution in [0, 0.1) is 0 Å². The average Bonchev–Trinajstić information content (AvgIpc) is 3.11. The van der Waals surface area contributed by atoms with Gasteiger partial charge in [0, 0.05) is 37.7 Å². The number of nitrogens with one attached hydrogen (secondary N) is 1. The van der Waals surface area contributed by atoms with Gasteiger partial charge in [0.15, 0.2) is 0 Å². The Labute approximate surface area is 181 Å². The van der Waals surface area contributed by atoms with Crippen LogP contribution in [0.15, 0.2) is 24.5 Å². The molecule has 4 heterocycles. The second-order valence-corrected chi connectivity index (χ2v) is 10.4. The van der Waals surface area contributed by atoms with Crippen molar-refractivity contribution in [2.45, 2.75) is 44.6 Å². The highest BCUT2D eigenvalue weighted by atomic mass is 32.2. The highest BCUT2D eigenvalue weighted by molar-refractivity contribution is 7.91. The first-order chi connectivity index (χ1) is 14.8. The average molecular weight is 446 g/mol. The Morgan fingerprint density at radius 1 is 1.19 bits per heavy atom. The number of anilines is 3. The number of aliphatic hydroxyl groups excluding tert-OH is 1. The van der Waals surface area contributed by atoms with E-state index in [1.165, 1.54) is 6.26 Å². The molecule has 1 fully saturated rings. The number of pyridine rings is 1. The maximum absolute atomic E-state index is 11.8. The first-order valence-electron chi connectivity index (χ1n) is 10.3. The van der Waals surface area contributed by atoms with Gasteiger partial charge < -0.3 is 19.9 Å². The molecule has 0 amide bonds. The monoisotopic (exact) mass is 445 g/mol. The van der Waals surface area contributed by atoms with Gasteiger partial charge in [0.25, 0.3) is 0 Å². The van der Waals surface area contributed by atoms with E-state index in [4.69, 9.17) is 0 Å². The topological polar surface area (TPSA) is 126 Å². The second-order valence-electron chi connectivity index (χ2n) is 8.09. The van der Waals surface area contributed by atoms with Crippen LogP contribution >= 0.6 is 0 Å². The van der Waals surface area contributed by atoms with Crippen molar-refractivity contribution in [2.75, 3.05) is 29.6 Å². The molecule has 0 saturated carbocycles. The summed E-state index contributed by atoms with van der Waals surface area (Å²) in [4.78, 5) is 19.8. The molecule has 1 saturated heterocycles. The largest absolute Gasteiger partial charge is 0.388 e. The molecular weight excluding hydrogens is 418 g/mol. The summed E-state index contributed by atoms with van der Waals surface area (Å²) in [5.74, 6) is 2.37. The van der Waals surface area contributed by atoms with Gasteiger partial charge in [-0.15, -0.1) is 0 Å². The third kappa shape index (κ3) is 4.47. The maximum atomic E-state index is 11.8. The lowest BCUT2D eigenvalue weighted by molar-refractivity contribution is 0.263. The first kappa shape index (κ1) is 21.4. The van der Waals surface area contributed by atoms with Crippen molar-refractivity contribution < 1.29 is 13.5 Å². The molecule has 0 aliphatic carbocycles. The molecule has 3 aromatic heterocycles. The standard InChI is InChI=1S/C20H27N7O3S/c1-13(2)27-16-10-18(22-11-15(16)23-19(27)12-28)24-17-4-7-21-20(25-17)26-8-5-14(6-9-26)31(3,29)30/h4,7,10-11,13-14,28H,5-6,8-9,12H2,1-3H3,(H,21,22,24,25).